The zero-order valence-corrected chi connectivity index (χ0v) is 9.48. The maximum atomic E-state index is 12.0. The molecule has 82 valence electrons. The van der Waals surface area contributed by atoms with Gasteiger partial charge >= 0.3 is 0 Å². The monoisotopic (exact) mass is 218 g/mol. The van der Waals surface area contributed by atoms with Gasteiger partial charge in [-0.15, -0.1) is 12.4 Å². The van der Waals surface area contributed by atoms with Gasteiger partial charge in [-0.3, -0.25) is 4.79 Å². The van der Waals surface area contributed by atoms with Gasteiger partial charge < -0.3 is 10.6 Å². The normalized spacial score (nSPS) is 29.3. The van der Waals surface area contributed by atoms with Gasteiger partial charge in [-0.05, 0) is 19.3 Å². The molecule has 1 saturated carbocycles. The standard InChI is InChI=1S/C10H18N2O.ClH/c1-10(4-2-5-10)9(13)12-6-3-8(11)7-12;/h8H,2-7,11H2,1H3;1H/t8-;/m0./s1. The lowest BCUT2D eigenvalue weighted by atomic mass is 9.69. The molecule has 1 amide bonds. The first-order chi connectivity index (χ1) is 6.12. The summed E-state index contributed by atoms with van der Waals surface area (Å²) in [4.78, 5) is 13.9. The second-order valence-corrected chi connectivity index (χ2v) is 4.71. The number of halogens is 1. The molecule has 0 aromatic rings. The van der Waals surface area contributed by atoms with Gasteiger partial charge in [0.05, 0.1) is 0 Å². The largest absolute Gasteiger partial charge is 0.341 e. The average Bonchev–Trinajstić information content (AvgIpc) is 2.46. The summed E-state index contributed by atoms with van der Waals surface area (Å²) >= 11 is 0. The third-order valence-electron chi connectivity index (χ3n) is 3.49. The SMILES string of the molecule is CC1(C(=O)N2CC[C@H](N)C2)CCC1.Cl. The number of hydrogen-bond acceptors (Lipinski definition) is 2. The highest BCUT2D eigenvalue weighted by atomic mass is 35.5. The van der Waals surface area contributed by atoms with Crippen LogP contribution < -0.4 is 5.73 Å². The van der Waals surface area contributed by atoms with Gasteiger partial charge in [0.1, 0.15) is 0 Å². The number of nitrogens with two attached hydrogens (primary N) is 1. The summed E-state index contributed by atoms with van der Waals surface area (Å²) in [6, 6.07) is 0.215. The predicted octanol–water partition coefficient (Wildman–Crippen LogP) is 1.16. The van der Waals surface area contributed by atoms with Crippen LogP contribution in [0.25, 0.3) is 0 Å². The van der Waals surface area contributed by atoms with E-state index in [1.165, 1.54) is 6.42 Å². The van der Waals surface area contributed by atoms with Crippen LogP contribution >= 0.6 is 12.4 Å². The summed E-state index contributed by atoms with van der Waals surface area (Å²) in [5.74, 6) is 0.340. The lowest BCUT2D eigenvalue weighted by Crippen LogP contribution is -2.45. The summed E-state index contributed by atoms with van der Waals surface area (Å²) in [6.45, 7) is 3.73. The molecule has 1 heterocycles. The number of rotatable bonds is 1. The fourth-order valence-corrected chi connectivity index (χ4v) is 2.27. The van der Waals surface area contributed by atoms with E-state index in [1.807, 2.05) is 4.90 Å². The van der Waals surface area contributed by atoms with Crippen LogP contribution in [0, 0.1) is 5.41 Å². The number of amides is 1. The summed E-state index contributed by atoms with van der Waals surface area (Å²) in [6.07, 6.45) is 4.32. The van der Waals surface area contributed by atoms with Gasteiger partial charge in [0.2, 0.25) is 5.91 Å². The molecule has 0 bridgehead atoms. The lowest BCUT2D eigenvalue weighted by Gasteiger charge is -2.39. The molecule has 14 heavy (non-hydrogen) atoms. The van der Waals surface area contributed by atoms with Crippen molar-refractivity contribution in [3.05, 3.63) is 0 Å². The van der Waals surface area contributed by atoms with Gasteiger partial charge in [-0.2, -0.15) is 0 Å². The average molecular weight is 219 g/mol. The molecule has 4 heteroatoms. The number of likely N-dealkylation sites (tertiary alicyclic amines) is 1. The van der Waals surface area contributed by atoms with Crippen LogP contribution in [0.5, 0.6) is 0 Å². The van der Waals surface area contributed by atoms with E-state index in [0.29, 0.717) is 5.91 Å². The molecule has 2 N–H and O–H groups in total. The third kappa shape index (κ3) is 1.89. The number of carbonyl (C=O) groups excluding carboxylic acids is 1. The van der Waals surface area contributed by atoms with Crippen LogP contribution in [0.1, 0.15) is 32.6 Å². The van der Waals surface area contributed by atoms with Crippen molar-refractivity contribution >= 4 is 18.3 Å². The van der Waals surface area contributed by atoms with Crippen molar-refractivity contribution in [3.8, 4) is 0 Å². The number of nitrogens with zero attached hydrogens (tertiary/aromatic N) is 1. The highest BCUT2D eigenvalue weighted by Gasteiger charge is 2.42. The highest BCUT2D eigenvalue weighted by molar-refractivity contribution is 5.85. The van der Waals surface area contributed by atoms with Gasteiger partial charge in [0, 0.05) is 24.5 Å². The second-order valence-electron chi connectivity index (χ2n) is 4.71. The van der Waals surface area contributed by atoms with Crippen LogP contribution in [0.2, 0.25) is 0 Å². The van der Waals surface area contributed by atoms with Crippen molar-refractivity contribution in [1.29, 1.82) is 0 Å². The van der Waals surface area contributed by atoms with E-state index in [1.54, 1.807) is 0 Å². The highest BCUT2D eigenvalue weighted by Crippen LogP contribution is 2.42. The van der Waals surface area contributed by atoms with Crippen LogP contribution in [0.4, 0.5) is 0 Å². The van der Waals surface area contributed by atoms with Crippen LogP contribution in [0.3, 0.4) is 0 Å². The molecule has 0 aromatic carbocycles. The maximum Gasteiger partial charge on any atom is 0.228 e. The molecule has 1 atom stereocenters. The molecular formula is C10H19ClN2O. The first kappa shape index (κ1) is 11.8. The molecule has 0 spiro atoms. The summed E-state index contributed by atoms with van der Waals surface area (Å²) < 4.78 is 0. The van der Waals surface area contributed by atoms with E-state index in [2.05, 4.69) is 6.92 Å². The molecule has 1 aliphatic heterocycles. The fourth-order valence-electron chi connectivity index (χ4n) is 2.27. The lowest BCUT2D eigenvalue weighted by molar-refractivity contribution is -0.144. The Kier molecular flexibility index (Phi) is 3.43. The van der Waals surface area contributed by atoms with Crippen LogP contribution in [0.15, 0.2) is 0 Å². The number of hydrogen-bond donors (Lipinski definition) is 1. The van der Waals surface area contributed by atoms with Crippen molar-refractivity contribution in [2.24, 2.45) is 11.1 Å². The summed E-state index contributed by atoms with van der Waals surface area (Å²) in [5.41, 5.74) is 5.73. The Labute approximate surface area is 91.4 Å². The fraction of sp³-hybridized carbons (Fsp3) is 0.900. The van der Waals surface area contributed by atoms with E-state index in [9.17, 15) is 4.79 Å². The van der Waals surface area contributed by atoms with Crippen molar-refractivity contribution in [1.82, 2.24) is 4.90 Å². The van der Waals surface area contributed by atoms with Gasteiger partial charge in [0.25, 0.3) is 0 Å². The Morgan fingerprint density at radius 1 is 1.50 bits per heavy atom. The Morgan fingerprint density at radius 3 is 2.50 bits per heavy atom. The molecular weight excluding hydrogens is 200 g/mol. The van der Waals surface area contributed by atoms with E-state index in [-0.39, 0.29) is 23.9 Å². The topological polar surface area (TPSA) is 46.3 Å². The predicted molar refractivity (Wildman–Crippen MR) is 58.4 cm³/mol. The molecule has 0 aromatic heterocycles. The van der Waals surface area contributed by atoms with Crippen molar-refractivity contribution in [2.45, 2.75) is 38.6 Å². The second kappa shape index (κ2) is 4.07. The van der Waals surface area contributed by atoms with Crippen LogP contribution in [-0.4, -0.2) is 29.9 Å². The molecule has 1 saturated heterocycles. The van der Waals surface area contributed by atoms with E-state index in [4.69, 9.17) is 5.73 Å². The zero-order valence-electron chi connectivity index (χ0n) is 8.66. The van der Waals surface area contributed by atoms with E-state index < -0.39 is 0 Å². The van der Waals surface area contributed by atoms with Crippen molar-refractivity contribution in [3.63, 3.8) is 0 Å². The smallest absolute Gasteiger partial charge is 0.228 e. The molecule has 1 aliphatic carbocycles. The molecule has 0 unspecified atom stereocenters. The minimum atomic E-state index is -0.0376. The maximum absolute atomic E-state index is 12.0. The van der Waals surface area contributed by atoms with E-state index in [0.717, 1.165) is 32.4 Å². The number of carbonyl (C=O) groups is 1. The van der Waals surface area contributed by atoms with Crippen LogP contribution in [-0.2, 0) is 4.79 Å². The molecule has 2 fully saturated rings. The molecule has 2 aliphatic rings. The summed E-state index contributed by atoms with van der Waals surface area (Å²) in [5, 5.41) is 0. The van der Waals surface area contributed by atoms with E-state index >= 15 is 0 Å². The quantitative estimate of drug-likeness (QED) is 0.718. The summed E-state index contributed by atoms with van der Waals surface area (Å²) in [7, 11) is 0. The van der Waals surface area contributed by atoms with Gasteiger partial charge in [0.15, 0.2) is 0 Å². The third-order valence-corrected chi connectivity index (χ3v) is 3.49. The molecule has 2 rings (SSSR count). The Hall–Kier alpha value is -0.280. The van der Waals surface area contributed by atoms with Gasteiger partial charge in [-0.1, -0.05) is 13.3 Å². The Balaban J connectivity index is 0.000000980. The molecule has 0 radical (unpaired) electrons. The Morgan fingerprint density at radius 2 is 2.14 bits per heavy atom. The first-order valence-corrected chi connectivity index (χ1v) is 5.17. The Bertz CT molecular complexity index is 228. The van der Waals surface area contributed by atoms with Crippen molar-refractivity contribution < 1.29 is 4.79 Å². The molecule has 3 nitrogen and oxygen atoms in total. The minimum Gasteiger partial charge on any atom is -0.341 e. The minimum absolute atomic E-state index is 0. The van der Waals surface area contributed by atoms with Crippen molar-refractivity contribution in [2.75, 3.05) is 13.1 Å². The zero-order chi connectivity index (χ0) is 9.47. The first-order valence-electron chi connectivity index (χ1n) is 5.17. The van der Waals surface area contributed by atoms with Gasteiger partial charge in [-0.25, -0.2) is 0 Å².